The third-order valence-corrected chi connectivity index (χ3v) is 10.5. The molecule has 0 unspecified atom stereocenters. The maximum atomic E-state index is 5.22. The molecule has 0 aliphatic heterocycles. The molecular weight excluding hydrogens is 583 g/mol. The Hall–Kier alpha value is -5.51. The number of rotatable bonds is 3. The topological polar surface area (TPSA) is 74.3 Å². The van der Waals surface area contributed by atoms with Crippen molar-refractivity contribution in [2.45, 2.75) is 0 Å². The molecule has 0 bridgehead atoms. The van der Waals surface area contributed by atoms with Crippen LogP contribution in [0.1, 0.15) is 0 Å². The van der Waals surface area contributed by atoms with Gasteiger partial charge in [-0.25, -0.2) is 9.97 Å². The molecule has 0 atom stereocenters. The van der Waals surface area contributed by atoms with Crippen LogP contribution >= 0.6 is 22.7 Å². The van der Waals surface area contributed by atoms with Gasteiger partial charge >= 0.3 is 0 Å². The van der Waals surface area contributed by atoms with Crippen molar-refractivity contribution in [3.8, 4) is 23.3 Å². The van der Waals surface area contributed by atoms with Crippen molar-refractivity contribution in [1.29, 1.82) is 0 Å². The average Bonchev–Trinajstić information content (AvgIpc) is 3.81. The fraction of sp³-hybridized carbons (Fsp3) is 0. The molecule has 0 aliphatic rings. The molecule has 0 radical (unpaired) electrons. The summed E-state index contributed by atoms with van der Waals surface area (Å²) in [5.41, 5.74) is 2.54. The van der Waals surface area contributed by atoms with Gasteiger partial charge in [0.25, 0.3) is 0 Å². The smallest absolute Gasteiger partial charge is 0.241 e. The van der Waals surface area contributed by atoms with Crippen LogP contribution in [0.3, 0.4) is 0 Å². The lowest BCUT2D eigenvalue weighted by molar-refractivity contribution is 0.888. The first kappa shape index (κ1) is 24.0. The van der Waals surface area contributed by atoms with Crippen LogP contribution in [0.15, 0.2) is 116 Å². The number of hydrogen-bond donors (Lipinski definition) is 0. The van der Waals surface area contributed by atoms with E-state index in [1.165, 1.54) is 20.2 Å². The number of fused-ring (bicyclic) bond motifs is 10. The molecule has 44 heavy (non-hydrogen) atoms. The zero-order valence-corrected chi connectivity index (χ0v) is 24.5. The number of benzene rings is 3. The first-order valence-corrected chi connectivity index (χ1v) is 15.8. The SMILES string of the molecule is c1ccc(-c2nc(-n3c4ncccc4c4c5ccccc5sc43)nc(-n3c4ncccc4c4c5ccccc5sc43)n2)cc1. The molecule has 206 valence electrons. The van der Waals surface area contributed by atoms with Crippen molar-refractivity contribution in [3.63, 3.8) is 0 Å². The summed E-state index contributed by atoms with van der Waals surface area (Å²) >= 11 is 3.45. The Kier molecular flexibility index (Phi) is 4.90. The Morgan fingerprint density at radius 2 is 0.932 bits per heavy atom. The summed E-state index contributed by atoms with van der Waals surface area (Å²) in [6.45, 7) is 0. The zero-order chi connectivity index (χ0) is 28.8. The van der Waals surface area contributed by atoms with Crippen LogP contribution in [0.2, 0.25) is 0 Å². The summed E-state index contributed by atoms with van der Waals surface area (Å²) in [6.07, 6.45) is 3.66. The first-order chi connectivity index (χ1) is 21.8. The van der Waals surface area contributed by atoms with E-state index in [4.69, 9.17) is 24.9 Å². The number of pyridine rings is 2. The van der Waals surface area contributed by atoms with Crippen LogP contribution in [0, 0.1) is 0 Å². The highest BCUT2D eigenvalue weighted by Gasteiger charge is 2.24. The molecule has 10 rings (SSSR count). The van der Waals surface area contributed by atoms with Crippen molar-refractivity contribution in [2.24, 2.45) is 0 Å². The maximum Gasteiger partial charge on any atom is 0.241 e. The van der Waals surface area contributed by atoms with E-state index in [9.17, 15) is 0 Å². The van der Waals surface area contributed by atoms with E-state index in [1.807, 2.05) is 54.9 Å². The summed E-state index contributed by atoms with van der Waals surface area (Å²) in [4.78, 5) is 27.2. The van der Waals surface area contributed by atoms with Gasteiger partial charge in [0.05, 0.1) is 0 Å². The molecule has 0 saturated carbocycles. The molecule has 0 saturated heterocycles. The molecule has 7 aromatic heterocycles. The maximum absolute atomic E-state index is 5.22. The minimum Gasteiger partial charge on any atom is -0.252 e. The first-order valence-electron chi connectivity index (χ1n) is 14.2. The van der Waals surface area contributed by atoms with Crippen molar-refractivity contribution in [2.75, 3.05) is 0 Å². The van der Waals surface area contributed by atoms with Gasteiger partial charge in [0.2, 0.25) is 11.9 Å². The van der Waals surface area contributed by atoms with Crippen LogP contribution < -0.4 is 0 Å². The van der Waals surface area contributed by atoms with Crippen molar-refractivity contribution < 1.29 is 0 Å². The third-order valence-electron chi connectivity index (χ3n) is 8.14. The van der Waals surface area contributed by atoms with E-state index < -0.39 is 0 Å². The van der Waals surface area contributed by atoms with Gasteiger partial charge in [-0.1, -0.05) is 66.7 Å². The van der Waals surface area contributed by atoms with E-state index in [1.54, 1.807) is 22.7 Å². The molecule has 3 aromatic carbocycles. The summed E-state index contributed by atoms with van der Waals surface area (Å²) < 4.78 is 6.60. The van der Waals surface area contributed by atoms with Gasteiger partial charge in [-0.2, -0.15) is 15.0 Å². The van der Waals surface area contributed by atoms with Gasteiger partial charge in [0, 0.05) is 59.7 Å². The Balaban J connectivity index is 1.35. The Morgan fingerprint density at radius 1 is 0.455 bits per heavy atom. The van der Waals surface area contributed by atoms with Crippen LogP contribution in [-0.4, -0.2) is 34.1 Å². The highest BCUT2D eigenvalue weighted by molar-refractivity contribution is 7.26. The Morgan fingerprint density at radius 3 is 1.48 bits per heavy atom. The molecule has 9 heteroatoms. The molecule has 7 heterocycles. The lowest BCUT2D eigenvalue weighted by Crippen LogP contribution is -2.10. The predicted molar refractivity (Wildman–Crippen MR) is 180 cm³/mol. The molecule has 0 fully saturated rings. The summed E-state index contributed by atoms with van der Waals surface area (Å²) in [5, 5.41) is 6.88. The predicted octanol–water partition coefficient (Wildman–Crippen LogP) is 8.95. The normalized spacial score (nSPS) is 12.1. The quantitative estimate of drug-likeness (QED) is 0.202. The number of aromatic nitrogens is 7. The summed E-state index contributed by atoms with van der Waals surface area (Å²) in [7, 11) is 0. The fourth-order valence-electron chi connectivity index (χ4n) is 6.27. The Bertz CT molecular complexity index is 2570. The lowest BCUT2D eigenvalue weighted by atomic mass is 10.1. The highest BCUT2D eigenvalue weighted by Crippen LogP contribution is 2.43. The fourth-order valence-corrected chi connectivity index (χ4v) is 8.71. The summed E-state index contributed by atoms with van der Waals surface area (Å²) in [6, 6.07) is 35.3. The molecule has 0 spiro atoms. The minimum atomic E-state index is 0.520. The van der Waals surface area contributed by atoms with Crippen LogP contribution in [-0.2, 0) is 0 Å². The van der Waals surface area contributed by atoms with Gasteiger partial charge in [0.15, 0.2) is 5.82 Å². The van der Waals surface area contributed by atoms with Crippen molar-refractivity contribution >= 4 is 85.3 Å². The third kappa shape index (κ3) is 3.27. The molecule has 0 amide bonds. The van der Waals surface area contributed by atoms with Gasteiger partial charge in [0.1, 0.15) is 21.0 Å². The lowest BCUT2D eigenvalue weighted by Gasteiger charge is -2.11. The number of hydrogen-bond acceptors (Lipinski definition) is 7. The molecule has 0 aliphatic carbocycles. The van der Waals surface area contributed by atoms with Crippen molar-refractivity contribution in [1.82, 2.24) is 34.1 Å². The summed E-state index contributed by atoms with van der Waals surface area (Å²) in [5.74, 6) is 1.63. The van der Waals surface area contributed by atoms with E-state index >= 15 is 0 Å². The number of thiophene rings is 2. The standard InChI is InChI=1S/C35H19N7S2/c1-2-10-20(11-3-1)29-38-34(41-30-23(14-8-18-36-30)27-21-12-4-6-16-25(21)43-32(27)41)40-35(39-29)42-31-24(15-9-19-37-31)28-22-13-5-7-17-26(22)44-33(28)42/h1-19H. The number of nitrogens with zero attached hydrogens (tertiary/aromatic N) is 7. The molecular formula is C35H19N7S2. The monoisotopic (exact) mass is 601 g/mol. The van der Waals surface area contributed by atoms with Gasteiger partial charge in [-0.05, 0) is 36.4 Å². The molecule has 0 N–H and O–H groups in total. The van der Waals surface area contributed by atoms with Crippen LogP contribution in [0.5, 0.6) is 0 Å². The van der Waals surface area contributed by atoms with E-state index in [0.717, 1.165) is 48.1 Å². The Labute approximate surface area is 257 Å². The zero-order valence-electron chi connectivity index (χ0n) is 22.9. The second-order valence-corrected chi connectivity index (χ2v) is 12.7. The largest absolute Gasteiger partial charge is 0.252 e. The van der Waals surface area contributed by atoms with Gasteiger partial charge in [-0.3, -0.25) is 9.13 Å². The van der Waals surface area contributed by atoms with E-state index in [0.29, 0.717) is 17.7 Å². The van der Waals surface area contributed by atoms with E-state index in [-0.39, 0.29) is 0 Å². The van der Waals surface area contributed by atoms with E-state index in [2.05, 4.69) is 69.8 Å². The second kappa shape index (κ2) is 9.00. The molecule has 10 aromatic rings. The van der Waals surface area contributed by atoms with Gasteiger partial charge < -0.3 is 0 Å². The second-order valence-electron chi connectivity index (χ2n) is 10.6. The van der Waals surface area contributed by atoms with Crippen LogP contribution in [0.4, 0.5) is 0 Å². The van der Waals surface area contributed by atoms with Gasteiger partial charge in [-0.15, -0.1) is 22.7 Å². The van der Waals surface area contributed by atoms with Crippen LogP contribution in [0.25, 0.3) is 86.0 Å². The molecule has 7 nitrogen and oxygen atoms in total. The van der Waals surface area contributed by atoms with Crippen molar-refractivity contribution in [3.05, 3.63) is 116 Å². The minimum absolute atomic E-state index is 0.520. The average molecular weight is 602 g/mol. The highest BCUT2D eigenvalue weighted by atomic mass is 32.1.